The minimum atomic E-state index is -1.19. The lowest BCUT2D eigenvalue weighted by Crippen LogP contribution is -1.97. The molecule has 1 aromatic heterocycles. The molecule has 19 heavy (non-hydrogen) atoms. The van der Waals surface area contributed by atoms with E-state index < -0.39 is 5.97 Å². The highest BCUT2D eigenvalue weighted by Gasteiger charge is 2.08. The van der Waals surface area contributed by atoms with E-state index in [2.05, 4.69) is 4.98 Å². The zero-order valence-electron chi connectivity index (χ0n) is 10.2. The summed E-state index contributed by atoms with van der Waals surface area (Å²) in [7, 11) is 0. The van der Waals surface area contributed by atoms with Gasteiger partial charge >= 0.3 is 5.97 Å². The third-order valence-electron chi connectivity index (χ3n) is 1.82. The standard InChI is InChI=1S/C7H7NO3.C5H5N.H3N.H2S/c8-4-1-2-6(9)5(3-4)7(10)11;1-2-4-6-5-3-1;;/h1-3,9H,8H2,(H,10,11);1-5H;1H3;1H2. The highest BCUT2D eigenvalue weighted by molar-refractivity contribution is 7.59. The molecule has 1 heterocycles. The number of benzene rings is 1. The zero-order valence-corrected chi connectivity index (χ0v) is 11.2. The third kappa shape index (κ3) is 6.92. The van der Waals surface area contributed by atoms with Crippen molar-refractivity contribution in [3.05, 3.63) is 54.4 Å². The number of nitrogens with zero attached hydrogens (tertiary/aromatic N) is 1. The molecule has 0 unspecified atom stereocenters. The maximum absolute atomic E-state index is 10.4. The van der Waals surface area contributed by atoms with Crippen LogP contribution in [0.5, 0.6) is 5.75 Å². The second-order valence-corrected chi connectivity index (χ2v) is 3.11. The Bertz CT molecular complexity index is 468. The van der Waals surface area contributed by atoms with E-state index in [0.29, 0.717) is 5.69 Å². The minimum absolute atomic E-state index is 0. The average molecular weight is 283 g/mol. The van der Waals surface area contributed by atoms with Crippen LogP contribution in [-0.2, 0) is 0 Å². The van der Waals surface area contributed by atoms with Gasteiger partial charge in [0.1, 0.15) is 11.3 Å². The van der Waals surface area contributed by atoms with E-state index in [1.807, 2.05) is 18.2 Å². The minimum Gasteiger partial charge on any atom is -0.507 e. The molecule has 7 N–H and O–H groups in total. The summed E-state index contributed by atoms with van der Waals surface area (Å²) in [5, 5.41) is 17.4. The van der Waals surface area contributed by atoms with Gasteiger partial charge in [0.15, 0.2) is 0 Å². The lowest BCUT2D eigenvalue weighted by molar-refractivity contribution is 0.0694. The van der Waals surface area contributed by atoms with Crippen LogP contribution in [0.25, 0.3) is 0 Å². The fourth-order valence-electron chi connectivity index (χ4n) is 1.04. The number of aromatic nitrogens is 1. The molecule has 0 radical (unpaired) electrons. The van der Waals surface area contributed by atoms with Crippen molar-refractivity contribution in [3.63, 3.8) is 0 Å². The van der Waals surface area contributed by atoms with Crippen LogP contribution in [-0.4, -0.2) is 21.2 Å². The average Bonchev–Trinajstić information content (AvgIpc) is 2.35. The molecule has 0 amide bonds. The summed E-state index contributed by atoms with van der Waals surface area (Å²) in [6, 6.07) is 9.60. The fourth-order valence-corrected chi connectivity index (χ4v) is 1.04. The molecule has 0 aliphatic rings. The Kier molecular flexibility index (Phi) is 9.80. The first-order valence-electron chi connectivity index (χ1n) is 4.78. The largest absolute Gasteiger partial charge is 0.507 e. The first-order chi connectivity index (χ1) is 8.11. The monoisotopic (exact) mass is 283 g/mol. The van der Waals surface area contributed by atoms with Crippen LogP contribution in [0.15, 0.2) is 48.8 Å². The second-order valence-electron chi connectivity index (χ2n) is 3.11. The van der Waals surface area contributed by atoms with Gasteiger partial charge in [0.05, 0.1) is 0 Å². The zero-order chi connectivity index (χ0) is 12.7. The van der Waals surface area contributed by atoms with Crippen LogP contribution in [0, 0.1) is 0 Å². The molecule has 0 bridgehead atoms. The second kappa shape index (κ2) is 9.75. The van der Waals surface area contributed by atoms with Crippen LogP contribution in [0.3, 0.4) is 0 Å². The van der Waals surface area contributed by atoms with Gasteiger partial charge in [-0.05, 0) is 30.3 Å². The van der Waals surface area contributed by atoms with E-state index in [0.717, 1.165) is 0 Å². The number of hydrogen-bond donors (Lipinski definition) is 4. The molecule has 0 saturated carbocycles. The Morgan fingerprint density at radius 2 is 1.74 bits per heavy atom. The highest BCUT2D eigenvalue weighted by atomic mass is 32.1. The normalized spacial score (nSPS) is 8.00. The summed E-state index contributed by atoms with van der Waals surface area (Å²) >= 11 is 0. The predicted molar refractivity (Wildman–Crippen MR) is 79.1 cm³/mol. The molecule has 0 spiro atoms. The van der Waals surface area contributed by atoms with Crippen LogP contribution >= 0.6 is 13.5 Å². The number of nitrogen functional groups attached to an aromatic ring is 1. The predicted octanol–water partition coefficient (Wildman–Crippen LogP) is 2.03. The molecule has 2 rings (SSSR count). The molecule has 0 atom stereocenters. The number of pyridine rings is 1. The number of aromatic hydroxyl groups is 1. The molecular formula is C12H17N3O3S. The topological polar surface area (TPSA) is 131 Å². The number of carbonyl (C=O) groups is 1. The van der Waals surface area contributed by atoms with Crippen LogP contribution in [0.1, 0.15) is 10.4 Å². The quantitative estimate of drug-likeness (QED) is 0.467. The number of nitrogens with two attached hydrogens (primary N) is 1. The van der Waals surface area contributed by atoms with Gasteiger partial charge in [-0.15, -0.1) is 0 Å². The number of hydrogen-bond acceptors (Lipinski definition) is 5. The smallest absolute Gasteiger partial charge is 0.339 e. The highest BCUT2D eigenvalue weighted by Crippen LogP contribution is 2.18. The summed E-state index contributed by atoms with van der Waals surface area (Å²) < 4.78 is 0. The van der Waals surface area contributed by atoms with Crippen molar-refractivity contribution in [1.29, 1.82) is 0 Å². The number of carboxylic acids is 1. The van der Waals surface area contributed by atoms with Crippen LogP contribution in [0.4, 0.5) is 5.69 Å². The number of carboxylic acid groups (broad SMARTS) is 1. The summed E-state index contributed by atoms with van der Waals surface area (Å²) in [6.07, 6.45) is 3.50. The third-order valence-corrected chi connectivity index (χ3v) is 1.82. The number of anilines is 1. The van der Waals surface area contributed by atoms with Gasteiger partial charge in [0, 0.05) is 18.1 Å². The Labute approximate surface area is 117 Å². The number of aromatic carboxylic acids is 1. The van der Waals surface area contributed by atoms with Crippen LogP contribution in [0.2, 0.25) is 0 Å². The first kappa shape index (κ1) is 19.1. The van der Waals surface area contributed by atoms with Gasteiger partial charge in [-0.25, -0.2) is 4.79 Å². The summed E-state index contributed by atoms with van der Waals surface area (Å²) in [5.41, 5.74) is 5.43. The van der Waals surface area contributed by atoms with Crippen molar-refractivity contribution < 1.29 is 15.0 Å². The molecule has 104 valence electrons. The lowest BCUT2D eigenvalue weighted by Gasteiger charge is -1.98. The molecule has 7 heteroatoms. The van der Waals surface area contributed by atoms with Crippen molar-refractivity contribution in [3.8, 4) is 5.75 Å². The van der Waals surface area contributed by atoms with Crippen molar-refractivity contribution in [1.82, 2.24) is 11.1 Å². The van der Waals surface area contributed by atoms with E-state index >= 15 is 0 Å². The Balaban J connectivity index is 0. The number of rotatable bonds is 1. The van der Waals surface area contributed by atoms with Gasteiger partial charge in [0.25, 0.3) is 0 Å². The molecular weight excluding hydrogens is 266 g/mol. The molecule has 6 nitrogen and oxygen atoms in total. The summed E-state index contributed by atoms with van der Waals surface area (Å²) in [4.78, 5) is 14.1. The van der Waals surface area contributed by atoms with Gasteiger partial charge in [0.2, 0.25) is 0 Å². The Hall–Kier alpha value is -2.25. The maximum atomic E-state index is 10.4. The molecule has 0 aliphatic heterocycles. The first-order valence-corrected chi connectivity index (χ1v) is 4.78. The fraction of sp³-hybridized carbons (Fsp3) is 0. The van der Waals surface area contributed by atoms with Crippen LogP contribution < -0.4 is 11.9 Å². The van der Waals surface area contributed by atoms with Gasteiger partial charge < -0.3 is 22.1 Å². The van der Waals surface area contributed by atoms with E-state index in [1.165, 1.54) is 18.2 Å². The molecule has 1 aromatic carbocycles. The van der Waals surface area contributed by atoms with Crippen molar-refractivity contribution >= 4 is 25.2 Å². The van der Waals surface area contributed by atoms with E-state index in [9.17, 15) is 4.79 Å². The molecule has 0 aliphatic carbocycles. The Morgan fingerprint density at radius 1 is 1.16 bits per heavy atom. The van der Waals surface area contributed by atoms with E-state index in [4.69, 9.17) is 15.9 Å². The van der Waals surface area contributed by atoms with E-state index in [1.54, 1.807) is 12.4 Å². The Morgan fingerprint density at radius 3 is 2.05 bits per heavy atom. The lowest BCUT2D eigenvalue weighted by atomic mass is 10.2. The SMILES string of the molecule is N.Nc1ccc(O)c(C(=O)O)c1.S.c1ccncc1. The van der Waals surface area contributed by atoms with Gasteiger partial charge in [-0.1, -0.05) is 6.07 Å². The molecule has 0 saturated heterocycles. The van der Waals surface area contributed by atoms with Crippen molar-refractivity contribution in [2.24, 2.45) is 0 Å². The number of phenols is 1. The van der Waals surface area contributed by atoms with Crippen molar-refractivity contribution in [2.45, 2.75) is 0 Å². The van der Waals surface area contributed by atoms with Crippen molar-refractivity contribution in [2.75, 3.05) is 5.73 Å². The summed E-state index contributed by atoms with van der Waals surface area (Å²) in [6.45, 7) is 0. The maximum Gasteiger partial charge on any atom is 0.339 e. The van der Waals surface area contributed by atoms with Gasteiger partial charge in [-0.3, -0.25) is 4.98 Å². The summed E-state index contributed by atoms with van der Waals surface area (Å²) in [5.74, 6) is -1.46. The molecule has 2 aromatic rings. The van der Waals surface area contributed by atoms with E-state index in [-0.39, 0.29) is 31.0 Å². The molecule has 0 fully saturated rings. The van der Waals surface area contributed by atoms with Gasteiger partial charge in [-0.2, -0.15) is 13.5 Å².